The van der Waals surface area contributed by atoms with Crippen molar-refractivity contribution in [3.05, 3.63) is 77.4 Å². The van der Waals surface area contributed by atoms with Crippen molar-refractivity contribution in [2.24, 2.45) is 0 Å². The average molecular weight is 282 g/mol. The van der Waals surface area contributed by atoms with E-state index in [1.807, 2.05) is 30.3 Å². The maximum absolute atomic E-state index is 11.9. The molecule has 4 heteroatoms. The number of ether oxygens (including phenoxy) is 1. The van der Waals surface area contributed by atoms with E-state index in [-0.39, 0.29) is 6.61 Å². The van der Waals surface area contributed by atoms with Gasteiger partial charge in [-0.15, -0.1) is 0 Å². The summed E-state index contributed by atoms with van der Waals surface area (Å²) in [5.74, 6) is -1.42. The van der Waals surface area contributed by atoms with Gasteiger partial charge in [0, 0.05) is 6.08 Å². The summed E-state index contributed by atoms with van der Waals surface area (Å²) in [6, 6.07) is 16.0. The number of hydrogen-bond acceptors (Lipinski definition) is 3. The Morgan fingerprint density at radius 1 is 1.00 bits per heavy atom. The van der Waals surface area contributed by atoms with Crippen molar-refractivity contribution >= 4 is 18.0 Å². The second kappa shape index (κ2) is 7.05. The van der Waals surface area contributed by atoms with Crippen LogP contribution in [0.3, 0.4) is 0 Å². The number of carboxylic acid groups (broad SMARTS) is 1. The minimum atomic E-state index is -1.01. The Balaban J connectivity index is 1.95. The second-order valence-electron chi connectivity index (χ2n) is 4.36. The monoisotopic (exact) mass is 282 g/mol. The minimum absolute atomic E-state index is 0.223. The van der Waals surface area contributed by atoms with Gasteiger partial charge in [-0.05, 0) is 29.3 Å². The van der Waals surface area contributed by atoms with Gasteiger partial charge in [-0.1, -0.05) is 42.5 Å². The fraction of sp³-hybridized carbons (Fsp3) is 0.0588. The molecule has 4 nitrogen and oxygen atoms in total. The summed E-state index contributed by atoms with van der Waals surface area (Å²) in [5, 5.41) is 8.53. The molecule has 0 saturated heterocycles. The van der Waals surface area contributed by atoms with Gasteiger partial charge in [0.25, 0.3) is 0 Å². The fourth-order valence-corrected chi connectivity index (χ4v) is 1.70. The minimum Gasteiger partial charge on any atom is -0.478 e. The van der Waals surface area contributed by atoms with Gasteiger partial charge in [-0.3, -0.25) is 0 Å². The maximum Gasteiger partial charge on any atom is 0.338 e. The van der Waals surface area contributed by atoms with Gasteiger partial charge in [0.2, 0.25) is 0 Å². The standard InChI is InChI=1S/C17H14O4/c18-16(19)11-8-13-6-9-15(10-7-13)17(20)21-12-14-4-2-1-3-5-14/h1-11H,12H2,(H,18,19). The largest absolute Gasteiger partial charge is 0.478 e. The molecule has 0 heterocycles. The van der Waals surface area contributed by atoms with Crippen LogP contribution < -0.4 is 0 Å². The molecule has 1 N–H and O–H groups in total. The summed E-state index contributed by atoms with van der Waals surface area (Å²) in [4.78, 5) is 22.3. The van der Waals surface area contributed by atoms with Crippen LogP contribution in [0.25, 0.3) is 6.08 Å². The molecule has 0 atom stereocenters. The van der Waals surface area contributed by atoms with E-state index in [0.29, 0.717) is 11.1 Å². The third kappa shape index (κ3) is 4.62. The normalized spacial score (nSPS) is 10.5. The summed E-state index contributed by atoms with van der Waals surface area (Å²) in [6.45, 7) is 0.223. The first kappa shape index (κ1) is 14.5. The first-order valence-electron chi connectivity index (χ1n) is 6.37. The molecule has 0 aliphatic heterocycles. The maximum atomic E-state index is 11.9. The number of hydrogen-bond donors (Lipinski definition) is 1. The Morgan fingerprint density at radius 2 is 1.67 bits per heavy atom. The van der Waals surface area contributed by atoms with E-state index >= 15 is 0 Å². The number of rotatable bonds is 5. The molecule has 0 fully saturated rings. The molecule has 21 heavy (non-hydrogen) atoms. The lowest BCUT2D eigenvalue weighted by Gasteiger charge is -2.05. The van der Waals surface area contributed by atoms with Gasteiger partial charge in [0.05, 0.1) is 5.56 Å². The molecule has 2 rings (SSSR count). The highest BCUT2D eigenvalue weighted by Crippen LogP contribution is 2.09. The van der Waals surface area contributed by atoms with E-state index in [4.69, 9.17) is 9.84 Å². The Morgan fingerprint density at radius 3 is 2.29 bits per heavy atom. The first-order chi connectivity index (χ1) is 10.1. The number of carbonyl (C=O) groups is 2. The molecule has 0 aliphatic rings. The van der Waals surface area contributed by atoms with Gasteiger partial charge in [-0.25, -0.2) is 9.59 Å². The molecule has 0 bridgehead atoms. The Bertz CT molecular complexity index is 642. The molecule has 2 aromatic rings. The summed E-state index contributed by atoms with van der Waals surface area (Å²) in [7, 11) is 0. The molecule has 0 aliphatic carbocycles. The third-order valence-electron chi connectivity index (χ3n) is 2.78. The number of carboxylic acids is 1. The van der Waals surface area contributed by atoms with Crippen LogP contribution in [0.5, 0.6) is 0 Å². The quantitative estimate of drug-likeness (QED) is 0.676. The highest BCUT2D eigenvalue weighted by molar-refractivity contribution is 5.90. The van der Waals surface area contributed by atoms with Gasteiger partial charge in [-0.2, -0.15) is 0 Å². The number of carbonyl (C=O) groups excluding carboxylic acids is 1. The molecule has 106 valence electrons. The SMILES string of the molecule is O=C(O)C=Cc1ccc(C(=O)OCc2ccccc2)cc1. The van der Waals surface area contributed by atoms with Gasteiger partial charge in [0.15, 0.2) is 0 Å². The number of esters is 1. The Kier molecular flexibility index (Phi) is 4.88. The third-order valence-corrected chi connectivity index (χ3v) is 2.78. The van der Waals surface area contributed by atoms with Crippen molar-refractivity contribution in [1.82, 2.24) is 0 Å². The van der Waals surface area contributed by atoms with E-state index < -0.39 is 11.9 Å². The van der Waals surface area contributed by atoms with Crippen LogP contribution in [0, 0.1) is 0 Å². The molecule has 0 amide bonds. The molecule has 0 radical (unpaired) electrons. The lowest BCUT2D eigenvalue weighted by Crippen LogP contribution is -2.05. The van der Waals surface area contributed by atoms with Gasteiger partial charge >= 0.3 is 11.9 Å². The predicted octanol–water partition coefficient (Wildman–Crippen LogP) is 3.14. The highest BCUT2D eigenvalue weighted by atomic mass is 16.5. The van der Waals surface area contributed by atoms with E-state index in [9.17, 15) is 9.59 Å². The van der Waals surface area contributed by atoms with Crippen molar-refractivity contribution in [2.75, 3.05) is 0 Å². The number of benzene rings is 2. The smallest absolute Gasteiger partial charge is 0.338 e. The van der Waals surface area contributed by atoms with Crippen molar-refractivity contribution in [3.63, 3.8) is 0 Å². The van der Waals surface area contributed by atoms with E-state index in [2.05, 4.69) is 0 Å². The van der Waals surface area contributed by atoms with Gasteiger partial charge in [0.1, 0.15) is 6.61 Å². The average Bonchev–Trinajstić information content (AvgIpc) is 2.52. The van der Waals surface area contributed by atoms with E-state index in [1.54, 1.807) is 24.3 Å². The van der Waals surface area contributed by atoms with E-state index in [1.165, 1.54) is 6.08 Å². The van der Waals surface area contributed by atoms with Crippen LogP contribution in [0.4, 0.5) is 0 Å². The molecular formula is C17H14O4. The van der Waals surface area contributed by atoms with Crippen LogP contribution in [0.2, 0.25) is 0 Å². The second-order valence-corrected chi connectivity index (χ2v) is 4.36. The van der Waals surface area contributed by atoms with Crippen molar-refractivity contribution < 1.29 is 19.4 Å². The summed E-state index contributed by atoms with van der Waals surface area (Å²) < 4.78 is 5.20. The molecule has 0 unspecified atom stereocenters. The Hall–Kier alpha value is -2.88. The van der Waals surface area contributed by atoms with E-state index in [0.717, 1.165) is 11.6 Å². The predicted molar refractivity (Wildman–Crippen MR) is 78.7 cm³/mol. The van der Waals surface area contributed by atoms with Crippen LogP contribution in [0.1, 0.15) is 21.5 Å². The molecule has 0 aromatic heterocycles. The van der Waals surface area contributed by atoms with Crippen molar-refractivity contribution in [2.45, 2.75) is 6.61 Å². The van der Waals surface area contributed by atoms with Gasteiger partial charge < -0.3 is 9.84 Å². The number of aliphatic carboxylic acids is 1. The first-order valence-corrected chi connectivity index (χ1v) is 6.37. The molecule has 2 aromatic carbocycles. The Labute approximate surface area is 122 Å². The summed E-state index contributed by atoms with van der Waals surface area (Å²) in [5.41, 5.74) is 2.06. The molecule has 0 saturated carbocycles. The highest BCUT2D eigenvalue weighted by Gasteiger charge is 2.06. The molecule has 0 spiro atoms. The van der Waals surface area contributed by atoms with Crippen LogP contribution >= 0.6 is 0 Å². The zero-order valence-electron chi connectivity index (χ0n) is 11.2. The van der Waals surface area contributed by atoms with Crippen molar-refractivity contribution in [3.8, 4) is 0 Å². The summed E-state index contributed by atoms with van der Waals surface area (Å²) >= 11 is 0. The topological polar surface area (TPSA) is 63.6 Å². The van der Waals surface area contributed by atoms with Crippen molar-refractivity contribution in [1.29, 1.82) is 0 Å². The lowest BCUT2D eigenvalue weighted by atomic mass is 10.1. The zero-order chi connectivity index (χ0) is 15.1. The zero-order valence-corrected chi connectivity index (χ0v) is 11.2. The van der Waals surface area contributed by atoms with Crippen LogP contribution in [0.15, 0.2) is 60.7 Å². The van der Waals surface area contributed by atoms with Crippen LogP contribution in [-0.2, 0) is 16.1 Å². The summed E-state index contributed by atoms with van der Waals surface area (Å²) in [6.07, 6.45) is 2.50. The van der Waals surface area contributed by atoms with Crippen LogP contribution in [-0.4, -0.2) is 17.0 Å². The lowest BCUT2D eigenvalue weighted by molar-refractivity contribution is -0.131. The molecular weight excluding hydrogens is 268 g/mol. The fourth-order valence-electron chi connectivity index (χ4n) is 1.70.